The maximum absolute atomic E-state index is 11.6. The van der Waals surface area contributed by atoms with Crippen molar-refractivity contribution in [2.24, 2.45) is 0 Å². The fourth-order valence-corrected chi connectivity index (χ4v) is 2.32. The van der Waals surface area contributed by atoms with Crippen molar-refractivity contribution in [3.05, 3.63) is 0 Å². The van der Waals surface area contributed by atoms with E-state index in [2.05, 4.69) is 4.72 Å². The molecule has 5 nitrogen and oxygen atoms in total. The molecule has 0 saturated carbocycles. The van der Waals surface area contributed by atoms with E-state index in [0.717, 1.165) is 32.1 Å². The van der Waals surface area contributed by atoms with Gasteiger partial charge >= 0.3 is 0 Å². The molecule has 0 unspecified atom stereocenters. The summed E-state index contributed by atoms with van der Waals surface area (Å²) in [6.45, 7) is 1.88. The zero-order valence-electron chi connectivity index (χ0n) is 9.74. The molecule has 16 heavy (non-hydrogen) atoms. The second-order valence-corrected chi connectivity index (χ2v) is 6.04. The van der Waals surface area contributed by atoms with Crippen LogP contribution in [-0.2, 0) is 14.8 Å². The zero-order chi connectivity index (χ0) is 12.0. The Bertz CT molecular complexity index is 327. The van der Waals surface area contributed by atoms with Crippen LogP contribution in [0.3, 0.4) is 0 Å². The number of amides is 1. The topological polar surface area (TPSA) is 66.5 Å². The highest BCUT2D eigenvalue weighted by molar-refractivity contribution is 7.88. The third kappa shape index (κ3) is 5.46. The van der Waals surface area contributed by atoms with Gasteiger partial charge in [-0.2, -0.15) is 0 Å². The van der Waals surface area contributed by atoms with Gasteiger partial charge in [0.15, 0.2) is 0 Å². The Morgan fingerprint density at radius 3 is 2.75 bits per heavy atom. The SMILES string of the molecule is CS(=O)(=O)NCCCN1CCCCCC1=O. The van der Waals surface area contributed by atoms with Gasteiger partial charge < -0.3 is 4.90 Å². The summed E-state index contributed by atoms with van der Waals surface area (Å²) >= 11 is 0. The number of likely N-dealkylation sites (tertiary alicyclic amines) is 1. The molecule has 0 spiro atoms. The first kappa shape index (κ1) is 13.4. The van der Waals surface area contributed by atoms with Crippen LogP contribution in [0.15, 0.2) is 0 Å². The molecular weight excluding hydrogens is 228 g/mol. The molecule has 0 bridgehead atoms. The summed E-state index contributed by atoms with van der Waals surface area (Å²) < 4.78 is 24.0. The van der Waals surface area contributed by atoms with Gasteiger partial charge in [0.1, 0.15) is 0 Å². The molecule has 1 amide bonds. The summed E-state index contributed by atoms with van der Waals surface area (Å²) in [7, 11) is -3.10. The molecule has 1 N–H and O–H groups in total. The summed E-state index contributed by atoms with van der Waals surface area (Å²) in [5.41, 5.74) is 0. The highest BCUT2D eigenvalue weighted by Gasteiger charge is 2.15. The van der Waals surface area contributed by atoms with Gasteiger partial charge in [0.2, 0.25) is 15.9 Å². The maximum atomic E-state index is 11.6. The number of carbonyl (C=O) groups excluding carboxylic acids is 1. The molecule has 0 aromatic rings. The zero-order valence-corrected chi connectivity index (χ0v) is 10.6. The second kappa shape index (κ2) is 6.20. The Labute approximate surface area is 97.2 Å². The summed E-state index contributed by atoms with van der Waals surface area (Å²) in [6, 6.07) is 0. The van der Waals surface area contributed by atoms with Crippen LogP contribution in [0.5, 0.6) is 0 Å². The summed E-state index contributed by atoms with van der Waals surface area (Å²) in [6.07, 6.45) is 5.62. The number of carbonyl (C=O) groups is 1. The fraction of sp³-hybridized carbons (Fsp3) is 0.900. The molecule has 1 rings (SSSR count). The van der Waals surface area contributed by atoms with Gasteiger partial charge in [0.25, 0.3) is 0 Å². The highest BCUT2D eigenvalue weighted by atomic mass is 32.2. The van der Waals surface area contributed by atoms with Gasteiger partial charge in [-0.15, -0.1) is 0 Å². The Morgan fingerprint density at radius 1 is 1.31 bits per heavy atom. The Balaban J connectivity index is 2.23. The second-order valence-electron chi connectivity index (χ2n) is 4.21. The van der Waals surface area contributed by atoms with E-state index in [-0.39, 0.29) is 5.91 Å². The minimum atomic E-state index is -3.10. The van der Waals surface area contributed by atoms with E-state index in [0.29, 0.717) is 25.9 Å². The van der Waals surface area contributed by atoms with Crippen LogP contribution in [0, 0.1) is 0 Å². The summed E-state index contributed by atoms with van der Waals surface area (Å²) in [5, 5.41) is 0. The minimum Gasteiger partial charge on any atom is -0.343 e. The van der Waals surface area contributed by atoms with E-state index in [1.54, 1.807) is 0 Å². The number of sulfonamides is 1. The van der Waals surface area contributed by atoms with Crippen molar-refractivity contribution in [1.82, 2.24) is 9.62 Å². The van der Waals surface area contributed by atoms with Crippen molar-refractivity contribution in [1.29, 1.82) is 0 Å². The van der Waals surface area contributed by atoms with Crippen LogP contribution in [0.2, 0.25) is 0 Å². The molecule has 6 heteroatoms. The normalized spacial score (nSPS) is 18.6. The standard InChI is InChI=1S/C10H20N2O3S/c1-16(14,15)11-7-5-9-12-8-4-2-3-6-10(12)13/h11H,2-9H2,1H3. The highest BCUT2D eigenvalue weighted by Crippen LogP contribution is 2.11. The Hall–Kier alpha value is -0.620. The lowest BCUT2D eigenvalue weighted by Gasteiger charge is -2.20. The van der Waals surface area contributed by atoms with Gasteiger partial charge in [-0.05, 0) is 19.3 Å². The van der Waals surface area contributed by atoms with Gasteiger partial charge in [0.05, 0.1) is 6.26 Å². The quantitative estimate of drug-likeness (QED) is 0.713. The van der Waals surface area contributed by atoms with E-state index in [4.69, 9.17) is 0 Å². The molecule has 1 saturated heterocycles. The van der Waals surface area contributed by atoms with Crippen molar-refractivity contribution in [3.8, 4) is 0 Å². The van der Waals surface area contributed by atoms with Crippen LogP contribution >= 0.6 is 0 Å². The van der Waals surface area contributed by atoms with Crippen molar-refractivity contribution >= 4 is 15.9 Å². The Kier molecular flexibility index (Phi) is 5.21. The van der Waals surface area contributed by atoms with E-state index >= 15 is 0 Å². The molecule has 94 valence electrons. The average molecular weight is 248 g/mol. The molecule has 0 aromatic carbocycles. The van der Waals surface area contributed by atoms with Crippen molar-refractivity contribution in [2.75, 3.05) is 25.9 Å². The van der Waals surface area contributed by atoms with E-state index in [1.807, 2.05) is 4.90 Å². The molecule has 1 heterocycles. The third-order valence-corrected chi connectivity index (χ3v) is 3.37. The van der Waals surface area contributed by atoms with Gasteiger partial charge in [-0.25, -0.2) is 13.1 Å². The van der Waals surface area contributed by atoms with Crippen molar-refractivity contribution in [2.45, 2.75) is 32.1 Å². The lowest BCUT2D eigenvalue weighted by molar-refractivity contribution is -0.130. The minimum absolute atomic E-state index is 0.205. The predicted molar refractivity (Wildman–Crippen MR) is 62.5 cm³/mol. The Morgan fingerprint density at radius 2 is 2.06 bits per heavy atom. The van der Waals surface area contributed by atoms with Crippen LogP contribution < -0.4 is 4.72 Å². The fourth-order valence-electron chi connectivity index (χ4n) is 1.80. The number of rotatable bonds is 5. The van der Waals surface area contributed by atoms with Crippen LogP contribution in [0.4, 0.5) is 0 Å². The largest absolute Gasteiger partial charge is 0.343 e. The molecule has 0 aromatic heterocycles. The molecule has 0 aliphatic carbocycles. The first-order chi connectivity index (χ1) is 7.49. The molecule has 1 aliphatic heterocycles. The predicted octanol–water partition coefficient (Wildman–Crippen LogP) is 0.328. The smallest absolute Gasteiger partial charge is 0.222 e. The summed E-state index contributed by atoms with van der Waals surface area (Å²) in [4.78, 5) is 13.4. The monoisotopic (exact) mass is 248 g/mol. The van der Waals surface area contributed by atoms with E-state index in [9.17, 15) is 13.2 Å². The maximum Gasteiger partial charge on any atom is 0.222 e. The lowest BCUT2D eigenvalue weighted by Crippen LogP contribution is -2.33. The van der Waals surface area contributed by atoms with Crippen LogP contribution in [0.25, 0.3) is 0 Å². The van der Waals surface area contributed by atoms with Crippen molar-refractivity contribution < 1.29 is 13.2 Å². The van der Waals surface area contributed by atoms with Crippen molar-refractivity contribution in [3.63, 3.8) is 0 Å². The molecule has 1 aliphatic rings. The van der Waals surface area contributed by atoms with Gasteiger partial charge in [0, 0.05) is 26.1 Å². The van der Waals surface area contributed by atoms with Crippen LogP contribution in [-0.4, -0.2) is 45.1 Å². The number of nitrogens with one attached hydrogen (secondary N) is 1. The molecule has 1 fully saturated rings. The third-order valence-electron chi connectivity index (χ3n) is 2.64. The lowest BCUT2D eigenvalue weighted by atomic mass is 10.2. The molecular formula is C10H20N2O3S. The first-order valence-electron chi connectivity index (χ1n) is 5.71. The number of hydrogen-bond donors (Lipinski definition) is 1. The van der Waals surface area contributed by atoms with E-state index < -0.39 is 10.0 Å². The van der Waals surface area contributed by atoms with E-state index in [1.165, 1.54) is 0 Å². The summed E-state index contributed by atoms with van der Waals surface area (Å²) in [5.74, 6) is 0.205. The average Bonchev–Trinajstić information content (AvgIpc) is 2.37. The molecule has 0 radical (unpaired) electrons. The van der Waals surface area contributed by atoms with Gasteiger partial charge in [-0.1, -0.05) is 6.42 Å². The number of nitrogens with zero attached hydrogens (tertiary/aromatic N) is 1. The first-order valence-corrected chi connectivity index (χ1v) is 7.60. The number of hydrogen-bond acceptors (Lipinski definition) is 3. The van der Waals surface area contributed by atoms with Crippen LogP contribution in [0.1, 0.15) is 32.1 Å². The van der Waals surface area contributed by atoms with Gasteiger partial charge in [-0.3, -0.25) is 4.79 Å². The molecule has 0 atom stereocenters.